The third-order valence-electron chi connectivity index (χ3n) is 3.05. The number of hydrogen-bond acceptors (Lipinski definition) is 3. The number of carboxylic acids is 1. The van der Waals surface area contributed by atoms with E-state index in [-0.39, 0.29) is 0 Å². The fourth-order valence-electron chi connectivity index (χ4n) is 2.05. The smallest absolute Gasteiger partial charge is 0.328 e. The second-order valence-corrected chi connectivity index (χ2v) is 6.42. The summed E-state index contributed by atoms with van der Waals surface area (Å²) in [5, 5.41) is 10.9. The molecule has 1 heterocycles. The van der Waals surface area contributed by atoms with Crippen LogP contribution in [0.4, 0.5) is 5.69 Å². The molecule has 0 aliphatic heterocycles. The lowest BCUT2D eigenvalue weighted by Gasteiger charge is -2.24. The Morgan fingerprint density at radius 1 is 1.43 bits per heavy atom. The van der Waals surface area contributed by atoms with Crippen molar-refractivity contribution in [3.05, 3.63) is 56.7 Å². The first-order valence-corrected chi connectivity index (χ1v) is 8.25. The van der Waals surface area contributed by atoms with Gasteiger partial charge in [-0.25, -0.2) is 4.79 Å². The molecule has 1 N–H and O–H groups in total. The summed E-state index contributed by atoms with van der Waals surface area (Å²) in [7, 11) is 0. The molecular formula is C16H16BrNO2S. The molecule has 0 fully saturated rings. The molecule has 110 valence electrons. The van der Waals surface area contributed by atoms with Gasteiger partial charge in [0.25, 0.3) is 0 Å². The Bertz CT molecular complexity index is 638. The molecule has 1 aromatic heterocycles. The number of carbonyl (C=O) groups is 1. The minimum absolute atomic E-state index is 0.818. The zero-order chi connectivity index (χ0) is 15.2. The van der Waals surface area contributed by atoms with E-state index in [2.05, 4.69) is 39.2 Å². The van der Waals surface area contributed by atoms with Gasteiger partial charge in [-0.2, -0.15) is 0 Å². The number of thiophene rings is 1. The third kappa shape index (κ3) is 4.44. The molecule has 0 unspecified atom stereocenters. The van der Waals surface area contributed by atoms with Gasteiger partial charge >= 0.3 is 5.97 Å². The average molecular weight is 366 g/mol. The van der Waals surface area contributed by atoms with Crippen LogP contribution in [0.5, 0.6) is 0 Å². The molecule has 0 aliphatic carbocycles. The fourth-order valence-corrected chi connectivity index (χ4v) is 3.12. The Hall–Kier alpha value is -1.59. The first-order chi connectivity index (χ1) is 10.1. The SMILES string of the molecule is CCN(Cc1cccs1)c1cc(Br)ccc1C=CC(=O)O. The Kier molecular flexibility index (Phi) is 5.59. The lowest BCUT2D eigenvalue weighted by molar-refractivity contribution is -0.131. The van der Waals surface area contributed by atoms with E-state index in [9.17, 15) is 4.79 Å². The highest BCUT2D eigenvalue weighted by Crippen LogP contribution is 2.28. The van der Waals surface area contributed by atoms with E-state index in [1.165, 1.54) is 11.0 Å². The highest BCUT2D eigenvalue weighted by Gasteiger charge is 2.10. The van der Waals surface area contributed by atoms with Crippen molar-refractivity contribution in [2.24, 2.45) is 0 Å². The van der Waals surface area contributed by atoms with Crippen LogP contribution in [0.1, 0.15) is 17.4 Å². The second kappa shape index (κ2) is 7.43. The van der Waals surface area contributed by atoms with Crippen LogP contribution in [0.3, 0.4) is 0 Å². The number of benzene rings is 1. The number of nitrogens with zero attached hydrogens (tertiary/aromatic N) is 1. The monoisotopic (exact) mass is 365 g/mol. The summed E-state index contributed by atoms with van der Waals surface area (Å²) in [4.78, 5) is 14.3. The molecule has 0 saturated carbocycles. The number of carboxylic acid groups (broad SMARTS) is 1. The van der Waals surface area contributed by atoms with Gasteiger partial charge in [0.15, 0.2) is 0 Å². The maximum absolute atomic E-state index is 10.7. The summed E-state index contributed by atoms with van der Waals surface area (Å²) in [6, 6.07) is 10.0. The lowest BCUT2D eigenvalue weighted by atomic mass is 10.1. The molecule has 0 saturated heterocycles. The Labute approximate surface area is 136 Å². The van der Waals surface area contributed by atoms with Gasteiger partial charge in [-0.15, -0.1) is 11.3 Å². The third-order valence-corrected chi connectivity index (χ3v) is 4.40. The zero-order valence-corrected chi connectivity index (χ0v) is 14.0. The highest BCUT2D eigenvalue weighted by atomic mass is 79.9. The predicted octanol–water partition coefficient (Wildman–Crippen LogP) is 4.63. The maximum Gasteiger partial charge on any atom is 0.328 e. The number of rotatable bonds is 6. The predicted molar refractivity (Wildman–Crippen MR) is 91.9 cm³/mol. The summed E-state index contributed by atoms with van der Waals surface area (Å²) >= 11 is 5.21. The Balaban J connectivity index is 2.34. The van der Waals surface area contributed by atoms with Gasteiger partial charge in [-0.05, 0) is 42.1 Å². The van der Waals surface area contributed by atoms with Gasteiger partial charge in [0.1, 0.15) is 0 Å². The minimum atomic E-state index is -0.940. The quantitative estimate of drug-likeness (QED) is 0.758. The molecule has 0 radical (unpaired) electrons. The number of halogens is 1. The average Bonchev–Trinajstić information content (AvgIpc) is 2.96. The van der Waals surface area contributed by atoms with Gasteiger partial charge in [-0.3, -0.25) is 0 Å². The summed E-state index contributed by atoms with van der Waals surface area (Å²) in [5.41, 5.74) is 1.93. The van der Waals surface area contributed by atoms with Crippen LogP contribution in [0, 0.1) is 0 Å². The van der Waals surface area contributed by atoms with Crippen LogP contribution in [-0.4, -0.2) is 17.6 Å². The van der Waals surface area contributed by atoms with Crippen molar-refractivity contribution in [1.29, 1.82) is 0 Å². The first-order valence-electron chi connectivity index (χ1n) is 6.58. The molecule has 21 heavy (non-hydrogen) atoms. The van der Waals surface area contributed by atoms with E-state index in [0.717, 1.165) is 28.8 Å². The second-order valence-electron chi connectivity index (χ2n) is 4.47. The normalized spacial score (nSPS) is 11.0. The van der Waals surface area contributed by atoms with Gasteiger partial charge < -0.3 is 10.0 Å². The van der Waals surface area contributed by atoms with Crippen molar-refractivity contribution in [2.45, 2.75) is 13.5 Å². The number of anilines is 1. The standard InChI is InChI=1S/C16H16BrNO2S/c1-2-18(11-14-4-3-9-21-14)15-10-13(17)7-5-12(15)6-8-16(19)20/h3-10H,2,11H2,1H3,(H,19,20). The van der Waals surface area contributed by atoms with Gasteiger partial charge in [0.2, 0.25) is 0 Å². The fraction of sp³-hybridized carbons (Fsp3) is 0.188. The van der Waals surface area contributed by atoms with Crippen molar-refractivity contribution < 1.29 is 9.90 Å². The van der Waals surface area contributed by atoms with Crippen LogP contribution in [0.15, 0.2) is 46.3 Å². The molecule has 0 spiro atoms. The van der Waals surface area contributed by atoms with Crippen molar-refractivity contribution >= 4 is 45.0 Å². The van der Waals surface area contributed by atoms with E-state index >= 15 is 0 Å². The summed E-state index contributed by atoms with van der Waals surface area (Å²) in [6.45, 7) is 3.76. The topological polar surface area (TPSA) is 40.5 Å². The van der Waals surface area contributed by atoms with E-state index < -0.39 is 5.97 Å². The molecular weight excluding hydrogens is 350 g/mol. The van der Waals surface area contributed by atoms with Gasteiger partial charge in [0.05, 0.1) is 6.54 Å². The van der Waals surface area contributed by atoms with Crippen LogP contribution in [0.25, 0.3) is 6.08 Å². The van der Waals surface area contributed by atoms with Gasteiger partial charge in [-0.1, -0.05) is 28.1 Å². The van der Waals surface area contributed by atoms with Crippen LogP contribution in [-0.2, 0) is 11.3 Å². The van der Waals surface area contributed by atoms with Crippen LogP contribution < -0.4 is 4.90 Å². The van der Waals surface area contributed by atoms with Crippen LogP contribution in [0.2, 0.25) is 0 Å². The van der Waals surface area contributed by atoms with E-state index in [0.29, 0.717) is 0 Å². The van der Waals surface area contributed by atoms with E-state index in [1.807, 2.05) is 24.3 Å². The molecule has 5 heteroatoms. The molecule has 1 aromatic carbocycles. The summed E-state index contributed by atoms with van der Waals surface area (Å²) in [6.07, 6.45) is 2.81. The molecule has 0 bridgehead atoms. The summed E-state index contributed by atoms with van der Waals surface area (Å²) < 4.78 is 0.981. The van der Waals surface area contributed by atoms with Crippen LogP contribution >= 0.6 is 27.3 Å². The van der Waals surface area contributed by atoms with Crippen molar-refractivity contribution in [2.75, 3.05) is 11.4 Å². The lowest BCUT2D eigenvalue weighted by Crippen LogP contribution is -2.22. The Morgan fingerprint density at radius 2 is 2.24 bits per heavy atom. The van der Waals surface area contributed by atoms with Crippen molar-refractivity contribution in [1.82, 2.24) is 0 Å². The molecule has 0 atom stereocenters. The van der Waals surface area contributed by atoms with E-state index in [1.54, 1.807) is 17.4 Å². The zero-order valence-electron chi connectivity index (χ0n) is 11.6. The molecule has 2 rings (SSSR count). The summed E-state index contributed by atoms with van der Waals surface area (Å²) in [5.74, 6) is -0.940. The Morgan fingerprint density at radius 3 is 2.86 bits per heavy atom. The van der Waals surface area contributed by atoms with Gasteiger partial charge in [0, 0.05) is 27.7 Å². The van der Waals surface area contributed by atoms with Crippen molar-refractivity contribution in [3.63, 3.8) is 0 Å². The molecule has 0 aliphatic rings. The maximum atomic E-state index is 10.7. The largest absolute Gasteiger partial charge is 0.478 e. The molecule has 3 nitrogen and oxygen atoms in total. The first kappa shape index (κ1) is 15.8. The highest BCUT2D eigenvalue weighted by molar-refractivity contribution is 9.10. The molecule has 0 amide bonds. The molecule has 2 aromatic rings. The number of hydrogen-bond donors (Lipinski definition) is 1. The van der Waals surface area contributed by atoms with Crippen molar-refractivity contribution in [3.8, 4) is 0 Å². The minimum Gasteiger partial charge on any atom is -0.478 e. The van der Waals surface area contributed by atoms with E-state index in [4.69, 9.17) is 5.11 Å². The number of aliphatic carboxylic acids is 1.